The summed E-state index contributed by atoms with van der Waals surface area (Å²) in [7, 11) is 0. The molecular formula is C15H16N2O. The van der Waals surface area contributed by atoms with Crippen molar-refractivity contribution < 1.29 is 0 Å². The Hall–Kier alpha value is -2.05. The first kappa shape index (κ1) is 12.4. The second-order valence-electron chi connectivity index (χ2n) is 4.06. The standard InChI is InChI=1S/C15H16N2O/c1-2-3-6-9-16-11-13-10-12-7-4-5-8-14(12)17-15(13)18/h4-5,7-8,10,16H,6,9,11H2,1H3,(H,17,18). The van der Waals surface area contributed by atoms with E-state index in [9.17, 15) is 4.79 Å². The lowest BCUT2D eigenvalue weighted by molar-refractivity contribution is 0.696. The molecule has 0 bridgehead atoms. The van der Waals surface area contributed by atoms with E-state index < -0.39 is 0 Å². The topological polar surface area (TPSA) is 44.9 Å². The number of benzene rings is 1. The molecule has 3 nitrogen and oxygen atoms in total. The van der Waals surface area contributed by atoms with Gasteiger partial charge in [-0.15, -0.1) is 11.8 Å². The predicted octanol–water partition coefficient (Wildman–Crippen LogP) is 2.03. The van der Waals surface area contributed by atoms with Crippen LogP contribution in [0.4, 0.5) is 0 Å². The summed E-state index contributed by atoms with van der Waals surface area (Å²) in [5.41, 5.74) is 1.61. The third-order valence-corrected chi connectivity index (χ3v) is 2.75. The van der Waals surface area contributed by atoms with Crippen LogP contribution in [0.25, 0.3) is 10.9 Å². The average molecular weight is 240 g/mol. The normalized spacial score (nSPS) is 10.1. The Morgan fingerprint density at radius 1 is 1.33 bits per heavy atom. The van der Waals surface area contributed by atoms with Gasteiger partial charge in [0.25, 0.3) is 5.56 Å². The summed E-state index contributed by atoms with van der Waals surface area (Å²) in [5, 5.41) is 4.28. The summed E-state index contributed by atoms with van der Waals surface area (Å²) in [4.78, 5) is 14.7. The fraction of sp³-hybridized carbons (Fsp3) is 0.267. The predicted molar refractivity (Wildman–Crippen MR) is 74.3 cm³/mol. The summed E-state index contributed by atoms with van der Waals surface area (Å²) >= 11 is 0. The van der Waals surface area contributed by atoms with Gasteiger partial charge in [0.15, 0.2) is 0 Å². The number of rotatable bonds is 4. The van der Waals surface area contributed by atoms with Gasteiger partial charge in [-0.3, -0.25) is 4.79 Å². The maximum absolute atomic E-state index is 11.8. The van der Waals surface area contributed by atoms with Crippen LogP contribution in [0.3, 0.4) is 0 Å². The lowest BCUT2D eigenvalue weighted by atomic mass is 10.1. The molecular weight excluding hydrogens is 224 g/mol. The molecule has 1 aromatic heterocycles. The molecule has 0 aliphatic rings. The number of para-hydroxylation sites is 1. The van der Waals surface area contributed by atoms with E-state index in [1.54, 1.807) is 0 Å². The van der Waals surface area contributed by atoms with Crippen molar-refractivity contribution in [2.24, 2.45) is 0 Å². The van der Waals surface area contributed by atoms with Crippen molar-refractivity contribution in [1.29, 1.82) is 0 Å². The minimum atomic E-state index is -0.0252. The molecule has 0 aliphatic carbocycles. The monoisotopic (exact) mass is 240 g/mol. The molecule has 0 spiro atoms. The van der Waals surface area contributed by atoms with Crippen LogP contribution < -0.4 is 10.9 Å². The van der Waals surface area contributed by atoms with Crippen LogP contribution in [-0.2, 0) is 6.54 Å². The van der Waals surface area contributed by atoms with Gasteiger partial charge in [-0.2, -0.15) is 0 Å². The molecule has 2 rings (SSSR count). The second-order valence-corrected chi connectivity index (χ2v) is 4.06. The Morgan fingerprint density at radius 2 is 2.17 bits per heavy atom. The van der Waals surface area contributed by atoms with Crippen molar-refractivity contribution in [3.05, 3.63) is 46.2 Å². The van der Waals surface area contributed by atoms with Crippen molar-refractivity contribution in [2.75, 3.05) is 6.54 Å². The Labute approximate surface area is 106 Å². The van der Waals surface area contributed by atoms with Gasteiger partial charge in [0.2, 0.25) is 0 Å². The van der Waals surface area contributed by atoms with Crippen LogP contribution in [0.5, 0.6) is 0 Å². The summed E-state index contributed by atoms with van der Waals surface area (Å²) in [6, 6.07) is 9.73. The first-order valence-electron chi connectivity index (χ1n) is 6.02. The molecule has 92 valence electrons. The van der Waals surface area contributed by atoms with Gasteiger partial charge in [-0.25, -0.2) is 0 Å². The minimum absolute atomic E-state index is 0.0252. The van der Waals surface area contributed by atoms with Gasteiger partial charge in [0.1, 0.15) is 0 Å². The number of H-pyrrole nitrogens is 1. The summed E-state index contributed by atoms with van der Waals surface area (Å²) in [6.07, 6.45) is 0.808. The zero-order chi connectivity index (χ0) is 12.8. The molecule has 0 atom stereocenters. The van der Waals surface area contributed by atoms with Crippen LogP contribution in [0, 0.1) is 11.8 Å². The molecule has 2 aromatic rings. The van der Waals surface area contributed by atoms with E-state index in [4.69, 9.17) is 0 Å². The highest BCUT2D eigenvalue weighted by Crippen LogP contribution is 2.09. The van der Waals surface area contributed by atoms with Crippen molar-refractivity contribution in [2.45, 2.75) is 19.9 Å². The Morgan fingerprint density at radius 3 is 3.00 bits per heavy atom. The van der Waals surface area contributed by atoms with Crippen LogP contribution in [0.2, 0.25) is 0 Å². The van der Waals surface area contributed by atoms with Crippen molar-refractivity contribution in [3.63, 3.8) is 0 Å². The molecule has 0 amide bonds. The van der Waals surface area contributed by atoms with Crippen molar-refractivity contribution in [3.8, 4) is 11.8 Å². The van der Waals surface area contributed by atoms with E-state index in [1.807, 2.05) is 37.3 Å². The van der Waals surface area contributed by atoms with E-state index in [0.717, 1.165) is 29.4 Å². The van der Waals surface area contributed by atoms with E-state index >= 15 is 0 Å². The fourth-order valence-electron chi connectivity index (χ4n) is 1.82. The zero-order valence-corrected chi connectivity index (χ0v) is 10.4. The van der Waals surface area contributed by atoms with Gasteiger partial charge in [0, 0.05) is 30.6 Å². The number of hydrogen-bond donors (Lipinski definition) is 2. The fourth-order valence-corrected chi connectivity index (χ4v) is 1.82. The lowest BCUT2D eigenvalue weighted by Gasteiger charge is -2.04. The zero-order valence-electron chi connectivity index (χ0n) is 10.4. The summed E-state index contributed by atoms with van der Waals surface area (Å²) in [6.45, 7) is 3.20. The maximum atomic E-state index is 11.8. The molecule has 0 fully saturated rings. The Bertz CT molecular complexity index is 647. The summed E-state index contributed by atoms with van der Waals surface area (Å²) in [5.74, 6) is 5.82. The molecule has 18 heavy (non-hydrogen) atoms. The van der Waals surface area contributed by atoms with E-state index in [1.165, 1.54) is 0 Å². The highest BCUT2D eigenvalue weighted by atomic mass is 16.1. The Kier molecular flexibility index (Phi) is 4.16. The van der Waals surface area contributed by atoms with Gasteiger partial charge in [0.05, 0.1) is 0 Å². The number of pyridine rings is 1. The largest absolute Gasteiger partial charge is 0.322 e. The lowest BCUT2D eigenvalue weighted by Crippen LogP contribution is -2.21. The highest BCUT2D eigenvalue weighted by molar-refractivity contribution is 5.78. The number of aromatic nitrogens is 1. The first-order chi connectivity index (χ1) is 8.81. The third-order valence-electron chi connectivity index (χ3n) is 2.75. The quantitative estimate of drug-likeness (QED) is 0.634. The van der Waals surface area contributed by atoms with Crippen molar-refractivity contribution >= 4 is 10.9 Å². The minimum Gasteiger partial charge on any atom is -0.322 e. The van der Waals surface area contributed by atoms with E-state index in [-0.39, 0.29) is 5.56 Å². The number of nitrogens with one attached hydrogen (secondary N) is 2. The molecule has 1 aromatic carbocycles. The molecule has 0 saturated carbocycles. The number of hydrogen-bond acceptors (Lipinski definition) is 2. The molecule has 1 heterocycles. The maximum Gasteiger partial charge on any atom is 0.252 e. The highest BCUT2D eigenvalue weighted by Gasteiger charge is 2.01. The van der Waals surface area contributed by atoms with Gasteiger partial charge >= 0.3 is 0 Å². The second kappa shape index (κ2) is 6.04. The molecule has 2 N–H and O–H groups in total. The molecule has 3 heteroatoms. The van der Waals surface area contributed by atoms with Crippen LogP contribution in [0.1, 0.15) is 18.9 Å². The smallest absolute Gasteiger partial charge is 0.252 e. The molecule has 0 aliphatic heterocycles. The number of fused-ring (bicyclic) bond motifs is 1. The third kappa shape index (κ3) is 2.99. The first-order valence-corrected chi connectivity index (χ1v) is 6.02. The molecule has 0 unspecified atom stereocenters. The van der Waals surface area contributed by atoms with Crippen LogP contribution in [0.15, 0.2) is 35.1 Å². The average Bonchev–Trinajstić information content (AvgIpc) is 2.39. The van der Waals surface area contributed by atoms with E-state index in [0.29, 0.717) is 6.54 Å². The SMILES string of the molecule is CC#CCCNCc1cc2ccccc2[nH]c1=O. The molecule has 0 radical (unpaired) electrons. The molecule has 0 saturated heterocycles. The van der Waals surface area contributed by atoms with Gasteiger partial charge in [-0.1, -0.05) is 18.2 Å². The number of aromatic amines is 1. The van der Waals surface area contributed by atoms with Crippen LogP contribution >= 0.6 is 0 Å². The van der Waals surface area contributed by atoms with Gasteiger partial charge in [-0.05, 0) is 24.4 Å². The van der Waals surface area contributed by atoms with Crippen molar-refractivity contribution in [1.82, 2.24) is 10.3 Å². The summed E-state index contributed by atoms with van der Waals surface area (Å²) < 4.78 is 0. The van der Waals surface area contributed by atoms with Gasteiger partial charge < -0.3 is 10.3 Å². The van der Waals surface area contributed by atoms with E-state index in [2.05, 4.69) is 22.1 Å². The Balaban J connectivity index is 2.10. The van der Waals surface area contributed by atoms with Crippen LogP contribution in [-0.4, -0.2) is 11.5 Å².